The van der Waals surface area contributed by atoms with Crippen LogP contribution in [0.25, 0.3) is 0 Å². The topological polar surface area (TPSA) is 74.3 Å². The molecule has 2 aliphatic heterocycles. The van der Waals surface area contributed by atoms with E-state index in [0.717, 1.165) is 12.2 Å². The molecule has 0 atom stereocenters. The molecule has 0 aliphatic carbocycles. The minimum Gasteiger partial charge on any atom is -0.496 e. The van der Waals surface area contributed by atoms with Crippen LogP contribution in [0.3, 0.4) is 0 Å². The average molecular weight is 454 g/mol. The maximum Gasteiger partial charge on any atom is 0.226 e. The van der Waals surface area contributed by atoms with E-state index < -0.39 is 5.60 Å². The number of likely N-dealkylation sites (tertiary alicyclic amines) is 1. The van der Waals surface area contributed by atoms with Crippen LogP contribution in [0, 0.1) is 0 Å². The molecule has 1 amide bonds. The number of aryl methyl sites for hydroxylation is 1. The Hall–Kier alpha value is -3.22. The zero-order valence-electron chi connectivity index (χ0n) is 19.5. The van der Waals surface area contributed by atoms with E-state index in [2.05, 4.69) is 6.92 Å². The van der Waals surface area contributed by atoms with Crippen LogP contribution in [-0.2, 0) is 11.2 Å². The Kier molecular flexibility index (Phi) is 6.77. The van der Waals surface area contributed by atoms with Gasteiger partial charge in [0.15, 0.2) is 5.78 Å². The lowest BCUT2D eigenvalue weighted by Gasteiger charge is -2.44. The molecule has 2 aliphatic rings. The highest BCUT2D eigenvalue weighted by Crippen LogP contribution is 2.44. The van der Waals surface area contributed by atoms with E-state index in [-0.39, 0.29) is 18.1 Å². The average Bonchev–Trinajstić information content (AvgIpc) is 2.83. The summed E-state index contributed by atoms with van der Waals surface area (Å²) in [6, 6.07) is 11.4. The first kappa shape index (κ1) is 23.0. The molecule has 176 valence electrons. The van der Waals surface area contributed by atoms with Gasteiger partial charge in [-0.1, -0.05) is 19.1 Å². The van der Waals surface area contributed by atoms with Gasteiger partial charge in [-0.3, -0.25) is 9.59 Å². The Morgan fingerprint density at radius 2 is 1.79 bits per heavy atom. The molecule has 4 rings (SSSR count). The van der Waals surface area contributed by atoms with Crippen molar-refractivity contribution in [1.29, 1.82) is 0 Å². The number of nitrogens with zero attached hydrogens (tertiary/aromatic N) is 1. The van der Waals surface area contributed by atoms with Gasteiger partial charge in [0.25, 0.3) is 0 Å². The summed E-state index contributed by atoms with van der Waals surface area (Å²) < 4.78 is 22.8. The smallest absolute Gasteiger partial charge is 0.226 e. The molecule has 0 bridgehead atoms. The first-order valence-electron chi connectivity index (χ1n) is 11.4. The van der Waals surface area contributed by atoms with Gasteiger partial charge in [-0.15, -0.1) is 0 Å². The number of carbonyl (C=O) groups is 2. The molecule has 1 saturated heterocycles. The van der Waals surface area contributed by atoms with Crippen LogP contribution in [0.15, 0.2) is 36.4 Å². The lowest BCUT2D eigenvalue weighted by Crippen LogP contribution is -2.52. The highest BCUT2D eigenvalue weighted by atomic mass is 16.5. The van der Waals surface area contributed by atoms with Crippen LogP contribution in [-0.4, -0.2) is 56.1 Å². The van der Waals surface area contributed by atoms with E-state index in [1.165, 1.54) is 12.7 Å². The summed E-state index contributed by atoms with van der Waals surface area (Å²) in [6.45, 7) is 3.55. The number of amides is 1. The van der Waals surface area contributed by atoms with Crippen LogP contribution in [0.2, 0.25) is 0 Å². The predicted octanol–water partition coefficient (Wildman–Crippen LogP) is 4.06. The van der Waals surface area contributed by atoms with E-state index >= 15 is 0 Å². The van der Waals surface area contributed by atoms with Gasteiger partial charge in [0.2, 0.25) is 5.91 Å². The summed E-state index contributed by atoms with van der Waals surface area (Å²) in [6.07, 6.45) is 2.78. The summed E-state index contributed by atoms with van der Waals surface area (Å²) in [5.41, 5.74) is 1.12. The maximum absolute atomic E-state index is 13.0. The highest BCUT2D eigenvalue weighted by Gasteiger charge is 2.44. The number of ether oxygens (including phenoxy) is 4. The van der Waals surface area contributed by atoms with Crippen molar-refractivity contribution >= 4 is 11.7 Å². The van der Waals surface area contributed by atoms with E-state index in [1.54, 1.807) is 19.2 Å². The van der Waals surface area contributed by atoms with Gasteiger partial charge in [0.1, 0.15) is 34.2 Å². The number of piperidine rings is 1. The Morgan fingerprint density at radius 3 is 2.42 bits per heavy atom. The molecule has 7 heteroatoms. The lowest BCUT2D eigenvalue weighted by molar-refractivity contribution is -0.135. The second-order valence-electron chi connectivity index (χ2n) is 8.56. The van der Waals surface area contributed by atoms with Crippen molar-refractivity contribution in [2.45, 2.75) is 44.6 Å². The Balaban J connectivity index is 1.33. The van der Waals surface area contributed by atoms with Crippen molar-refractivity contribution in [2.75, 3.05) is 33.9 Å². The molecule has 1 fully saturated rings. The van der Waals surface area contributed by atoms with Crippen LogP contribution < -0.4 is 18.9 Å². The van der Waals surface area contributed by atoms with Gasteiger partial charge in [0.05, 0.1) is 33.7 Å². The largest absolute Gasteiger partial charge is 0.496 e. The van der Waals surface area contributed by atoms with E-state index in [9.17, 15) is 9.59 Å². The van der Waals surface area contributed by atoms with Crippen LogP contribution >= 0.6 is 0 Å². The minimum atomic E-state index is -0.601. The molecule has 7 nitrogen and oxygen atoms in total. The summed E-state index contributed by atoms with van der Waals surface area (Å²) in [4.78, 5) is 27.5. The Morgan fingerprint density at radius 1 is 1.06 bits per heavy atom. The first-order valence-corrected chi connectivity index (χ1v) is 11.4. The molecule has 2 aromatic carbocycles. The van der Waals surface area contributed by atoms with Gasteiger partial charge in [-0.25, -0.2) is 0 Å². The highest BCUT2D eigenvalue weighted by molar-refractivity contribution is 6.03. The second-order valence-corrected chi connectivity index (χ2v) is 8.56. The zero-order valence-corrected chi connectivity index (χ0v) is 19.5. The van der Waals surface area contributed by atoms with Gasteiger partial charge in [-0.05, 0) is 24.1 Å². The van der Waals surface area contributed by atoms with Gasteiger partial charge in [-0.2, -0.15) is 0 Å². The molecule has 0 N–H and O–H groups in total. The molecule has 2 aromatic rings. The number of Topliss-reactive ketones (excluding diaryl/α,β-unsaturated/α-hetero) is 1. The third kappa shape index (κ3) is 4.92. The number of carbonyl (C=O) groups excluding carboxylic acids is 2. The molecular weight excluding hydrogens is 422 g/mol. The monoisotopic (exact) mass is 453 g/mol. The predicted molar refractivity (Wildman–Crippen MR) is 124 cm³/mol. The number of fused-ring (bicyclic) bond motifs is 1. The molecule has 0 saturated carbocycles. The number of hydrogen-bond acceptors (Lipinski definition) is 6. The number of hydrogen-bond donors (Lipinski definition) is 0. The summed E-state index contributed by atoms with van der Waals surface area (Å²) in [7, 11) is 3.09. The van der Waals surface area contributed by atoms with Gasteiger partial charge in [0, 0.05) is 38.1 Å². The third-order valence-electron chi connectivity index (χ3n) is 6.53. The zero-order chi connectivity index (χ0) is 23.4. The van der Waals surface area contributed by atoms with Crippen LogP contribution in [0.5, 0.6) is 23.0 Å². The van der Waals surface area contributed by atoms with Crippen LogP contribution in [0.1, 0.15) is 48.5 Å². The SMILES string of the molecule is CCc1ccc(OCCC(=O)N2CCC3(CC2)CC(=O)c2c(OC)cc(OC)cc2O3)cc1. The standard InChI is InChI=1S/C26H31NO6/c1-4-18-5-7-19(8-6-18)32-14-9-24(29)27-12-10-26(11-13-27)17-21(28)25-22(31-3)15-20(30-2)16-23(25)33-26/h5-8,15-16H,4,9-14,17H2,1-3H3. The molecule has 0 radical (unpaired) electrons. The van der Waals surface area contributed by atoms with E-state index in [4.69, 9.17) is 18.9 Å². The van der Waals surface area contributed by atoms with Gasteiger partial charge >= 0.3 is 0 Å². The molecule has 1 spiro atoms. The molecule has 33 heavy (non-hydrogen) atoms. The number of rotatable bonds is 7. The second kappa shape index (κ2) is 9.73. The van der Waals surface area contributed by atoms with E-state index in [0.29, 0.717) is 61.8 Å². The molecule has 2 heterocycles. The van der Waals surface area contributed by atoms with Crippen molar-refractivity contribution in [3.05, 3.63) is 47.5 Å². The Bertz CT molecular complexity index is 1010. The fraction of sp³-hybridized carbons (Fsp3) is 0.462. The molecule has 0 aromatic heterocycles. The third-order valence-corrected chi connectivity index (χ3v) is 6.53. The lowest BCUT2D eigenvalue weighted by atomic mass is 9.82. The Labute approximate surface area is 194 Å². The fourth-order valence-electron chi connectivity index (χ4n) is 4.53. The summed E-state index contributed by atoms with van der Waals surface area (Å²) >= 11 is 0. The van der Waals surface area contributed by atoms with Gasteiger partial charge < -0.3 is 23.8 Å². The van der Waals surface area contributed by atoms with Crippen molar-refractivity contribution in [3.8, 4) is 23.0 Å². The van der Waals surface area contributed by atoms with Crippen LogP contribution in [0.4, 0.5) is 0 Å². The van der Waals surface area contributed by atoms with Crippen molar-refractivity contribution in [1.82, 2.24) is 4.90 Å². The van der Waals surface area contributed by atoms with Crippen molar-refractivity contribution in [3.63, 3.8) is 0 Å². The number of benzene rings is 2. The quantitative estimate of drug-likeness (QED) is 0.629. The molecular formula is C26H31NO6. The van der Waals surface area contributed by atoms with Crippen molar-refractivity contribution in [2.24, 2.45) is 0 Å². The number of ketones is 1. The molecule has 0 unspecified atom stereocenters. The van der Waals surface area contributed by atoms with Crippen molar-refractivity contribution < 1.29 is 28.5 Å². The van der Waals surface area contributed by atoms with E-state index in [1.807, 2.05) is 29.2 Å². The first-order chi connectivity index (χ1) is 16.0. The number of methoxy groups -OCH3 is 2. The fourth-order valence-corrected chi connectivity index (χ4v) is 4.53. The summed E-state index contributed by atoms with van der Waals surface area (Å²) in [5.74, 6) is 2.36. The normalized spacial score (nSPS) is 16.7. The summed E-state index contributed by atoms with van der Waals surface area (Å²) in [5, 5.41) is 0. The maximum atomic E-state index is 13.0. The minimum absolute atomic E-state index is 0.00183.